The summed E-state index contributed by atoms with van der Waals surface area (Å²) in [5.41, 5.74) is 1.27. The molecule has 5 nitrogen and oxygen atoms in total. The van der Waals surface area contributed by atoms with Gasteiger partial charge in [0, 0.05) is 11.3 Å². The zero-order valence-corrected chi connectivity index (χ0v) is 14.8. The molecule has 6 heteroatoms. The molecule has 0 saturated carbocycles. The molecular weight excluding hydrogens is 350 g/mol. The van der Waals surface area contributed by atoms with Gasteiger partial charge >= 0.3 is 0 Å². The Balaban J connectivity index is 1.81. The Labute approximate surface area is 156 Å². The number of hydrogen-bond acceptors (Lipinski definition) is 4. The monoisotopic (exact) mass is 365 g/mol. The highest BCUT2D eigenvalue weighted by atomic mass is 35.5. The largest absolute Gasteiger partial charge is 0.497 e. The number of benzene rings is 2. The van der Waals surface area contributed by atoms with E-state index < -0.39 is 0 Å². The molecule has 0 bridgehead atoms. The Hall–Kier alpha value is -3.23. The van der Waals surface area contributed by atoms with Crippen molar-refractivity contribution in [2.45, 2.75) is 0 Å². The smallest absolute Gasteiger partial charge is 0.297 e. The van der Waals surface area contributed by atoms with E-state index in [1.54, 1.807) is 31.4 Å². The fourth-order valence-electron chi connectivity index (χ4n) is 2.31. The van der Waals surface area contributed by atoms with Crippen LogP contribution >= 0.6 is 11.6 Å². The van der Waals surface area contributed by atoms with Gasteiger partial charge in [-0.2, -0.15) is 0 Å². The fraction of sp³-hybridized carbons (Fsp3) is 0.100. The molecule has 0 atom stereocenters. The van der Waals surface area contributed by atoms with Gasteiger partial charge in [-0.25, -0.2) is 4.98 Å². The SMILES string of the molecule is COc1ccc(-n2cc(Cl)nc(NCC#Cc3ccccc3)c2=O)cc1. The first-order valence-electron chi connectivity index (χ1n) is 7.89. The van der Waals surface area contributed by atoms with Crippen LogP contribution in [0.15, 0.2) is 65.6 Å². The van der Waals surface area contributed by atoms with Gasteiger partial charge in [0.2, 0.25) is 0 Å². The molecule has 3 aromatic rings. The van der Waals surface area contributed by atoms with Crippen molar-refractivity contribution < 1.29 is 4.74 Å². The molecule has 1 aromatic heterocycles. The van der Waals surface area contributed by atoms with Gasteiger partial charge in [-0.3, -0.25) is 9.36 Å². The summed E-state index contributed by atoms with van der Waals surface area (Å²) in [6, 6.07) is 16.7. The number of rotatable bonds is 4. The van der Waals surface area contributed by atoms with Crippen LogP contribution in [0.2, 0.25) is 5.15 Å². The molecular formula is C20H16ClN3O2. The topological polar surface area (TPSA) is 56.1 Å². The fourth-order valence-corrected chi connectivity index (χ4v) is 2.49. The van der Waals surface area contributed by atoms with E-state index >= 15 is 0 Å². The Morgan fingerprint density at radius 2 is 1.88 bits per heavy atom. The maximum atomic E-state index is 12.6. The van der Waals surface area contributed by atoms with Crippen LogP contribution in [-0.2, 0) is 0 Å². The first kappa shape index (κ1) is 17.6. The average molecular weight is 366 g/mol. The van der Waals surface area contributed by atoms with Crippen LogP contribution in [-0.4, -0.2) is 23.2 Å². The number of aromatic nitrogens is 2. The maximum Gasteiger partial charge on any atom is 0.297 e. The van der Waals surface area contributed by atoms with Crippen molar-refractivity contribution in [3.8, 4) is 23.3 Å². The molecule has 0 fully saturated rings. The summed E-state index contributed by atoms with van der Waals surface area (Å²) in [5.74, 6) is 6.83. The van der Waals surface area contributed by atoms with E-state index in [2.05, 4.69) is 22.1 Å². The highest BCUT2D eigenvalue weighted by Gasteiger charge is 2.09. The predicted molar refractivity (Wildman–Crippen MR) is 103 cm³/mol. The van der Waals surface area contributed by atoms with Crippen molar-refractivity contribution >= 4 is 17.4 Å². The number of halogens is 1. The number of nitrogens with one attached hydrogen (secondary N) is 1. The Kier molecular flexibility index (Phi) is 5.57. The van der Waals surface area contributed by atoms with Crippen molar-refractivity contribution in [2.75, 3.05) is 19.0 Å². The van der Waals surface area contributed by atoms with Crippen molar-refractivity contribution in [1.82, 2.24) is 9.55 Å². The highest BCUT2D eigenvalue weighted by Crippen LogP contribution is 2.15. The van der Waals surface area contributed by atoms with Crippen molar-refractivity contribution in [1.29, 1.82) is 0 Å². The summed E-state index contributed by atoms with van der Waals surface area (Å²) in [4.78, 5) is 16.7. The predicted octanol–water partition coefficient (Wildman–Crippen LogP) is 3.36. The summed E-state index contributed by atoms with van der Waals surface area (Å²) < 4.78 is 6.56. The van der Waals surface area contributed by atoms with Gasteiger partial charge in [-0.15, -0.1) is 0 Å². The van der Waals surface area contributed by atoms with E-state index in [1.165, 1.54) is 10.8 Å². The Morgan fingerprint density at radius 1 is 1.15 bits per heavy atom. The lowest BCUT2D eigenvalue weighted by Crippen LogP contribution is -2.23. The molecule has 130 valence electrons. The molecule has 1 N–H and O–H groups in total. The van der Waals surface area contributed by atoms with Gasteiger partial charge in [0.15, 0.2) is 5.82 Å². The Bertz CT molecular complexity index is 1000. The number of anilines is 1. The van der Waals surface area contributed by atoms with Crippen LogP contribution in [0.3, 0.4) is 0 Å². The zero-order valence-electron chi connectivity index (χ0n) is 14.1. The molecule has 3 rings (SSSR count). The van der Waals surface area contributed by atoms with E-state index in [9.17, 15) is 4.79 Å². The van der Waals surface area contributed by atoms with Crippen LogP contribution in [0.25, 0.3) is 5.69 Å². The van der Waals surface area contributed by atoms with Crippen molar-refractivity contribution in [3.05, 3.63) is 81.9 Å². The number of hydrogen-bond donors (Lipinski definition) is 1. The summed E-state index contributed by atoms with van der Waals surface area (Å²) in [7, 11) is 1.59. The minimum Gasteiger partial charge on any atom is -0.497 e. The molecule has 0 aliphatic carbocycles. The number of ether oxygens (including phenoxy) is 1. The summed E-state index contributed by atoms with van der Waals surface area (Å²) in [6.45, 7) is 0.278. The van der Waals surface area contributed by atoms with Gasteiger partial charge in [0.1, 0.15) is 10.9 Å². The minimum absolute atomic E-state index is 0.149. The average Bonchev–Trinajstić information content (AvgIpc) is 2.68. The Morgan fingerprint density at radius 3 is 2.58 bits per heavy atom. The second kappa shape index (κ2) is 8.24. The molecule has 2 aromatic carbocycles. The van der Waals surface area contributed by atoms with E-state index in [-0.39, 0.29) is 23.1 Å². The zero-order chi connectivity index (χ0) is 18.4. The number of nitrogens with zero attached hydrogens (tertiary/aromatic N) is 2. The number of methoxy groups -OCH3 is 1. The third-order valence-electron chi connectivity index (χ3n) is 3.58. The van der Waals surface area contributed by atoms with Gasteiger partial charge < -0.3 is 10.1 Å². The molecule has 0 spiro atoms. The third kappa shape index (κ3) is 4.24. The lowest BCUT2D eigenvalue weighted by molar-refractivity contribution is 0.414. The summed E-state index contributed by atoms with van der Waals surface area (Å²) >= 11 is 6.07. The molecule has 0 aliphatic heterocycles. The van der Waals surface area contributed by atoms with Gasteiger partial charge in [-0.1, -0.05) is 41.6 Å². The lowest BCUT2D eigenvalue weighted by atomic mass is 10.2. The normalized spacial score (nSPS) is 9.92. The minimum atomic E-state index is -0.305. The molecule has 0 unspecified atom stereocenters. The van der Waals surface area contributed by atoms with Crippen molar-refractivity contribution in [2.24, 2.45) is 0 Å². The van der Waals surface area contributed by atoms with Crippen LogP contribution in [0.5, 0.6) is 5.75 Å². The van der Waals surface area contributed by atoms with Crippen molar-refractivity contribution in [3.63, 3.8) is 0 Å². The molecule has 26 heavy (non-hydrogen) atoms. The molecule has 0 amide bonds. The first-order valence-corrected chi connectivity index (χ1v) is 8.26. The quantitative estimate of drug-likeness (QED) is 0.720. The summed E-state index contributed by atoms with van der Waals surface area (Å²) in [6.07, 6.45) is 1.48. The van der Waals surface area contributed by atoms with Gasteiger partial charge in [0.25, 0.3) is 5.56 Å². The molecule has 0 radical (unpaired) electrons. The second-order valence-electron chi connectivity index (χ2n) is 5.31. The van der Waals surface area contributed by atoms with Crippen LogP contribution in [0.1, 0.15) is 5.56 Å². The van der Waals surface area contributed by atoms with E-state index in [1.807, 2.05) is 30.3 Å². The lowest BCUT2D eigenvalue weighted by Gasteiger charge is -2.09. The van der Waals surface area contributed by atoms with Gasteiger partial charge in [-0.05, 0) is 36.4 Å². The second-order valence-corrected chi connectivity index (χ2v) is 5.69. The highest BCUT2D eigenvalue weighted by molar-refractivity contribution is 6.29. The standard InChI is InChI=1S/C20H16ClN3O2/c1-26-17-11-9-16(10-12-17)24-14-18(21)23-19(20(24)25)22-13-5-8-15-6-3-2-4-7-15/h2-4,6-7,9-12,14H,13H2,1H3,(H,22,23). The van der Waals surface area contributed by atoms with Gasteiger partial charge in [0.05, 0.1) is 19.9 Å². The third-order valence-corrected chi connectivity index (χ3v) is 3.76. The molecule has 0 saturated heterocycles. The van der Waals surface area contributed by atoms with Crippen LogP contribution < -0.4 is 15.6 Å². The summed E-state index contributed by atoms with van der Waals surface area (Å²) in [5, 5.41) is 3.14. The van der Waals surface area contributed by atoms with Crippen LogP contribution in [0, 0.1) is 11.8 Å². The molecule has 1 heterocycles. The van der Waals surface area contributed by atoms with E-state index in [0.29, 0.717) is 11.4 Å². The molecule has 0 aliphatic rings. The van der Waals surface area contributed by atoms with E-state index in [4.69, 9.17) is 16.3 Å². The maximum absolute atomic E-state index is 12.6. The first-order chi connectivity index (χ1) is 12.7. The van der Waals surface area contributed by atoms with E-state index in [0.717, 1.165) is 5.56 Å². The van der Waals surface area contributed by atoms with Crippen LogP contribution in [0.4, 0.5) is 5.82 Å².